The van der Waals surface area contributed by atoms with Crippen LogP contribution in [0.5, 0.6) is 0 Å². The van der Waals surface area contributed by atoms with Crippen LogP contribution in [0.15, 0.2) is 22.9 Å². The van der Waals surface area contributed by atoms with Crippen molar-refractivity contribution in [2.24, 2.45) is 12.8 Å². The summed E-state index contributed by atoms with van der Waals surface area (Å²) in [4.78, 5) is 4.72. The minimum atomic E-state index is -0.150. The lowest BCUT2D eigenvalue weighted by molar-refractivity contribution is 0.393. The second-order valence-corrected chi connectivity index (χ2v) is 5.24. The van der Waals surface area contributed by atoms with Crippen molar-refractivity contribution in [2.75, 3.05) is 0 Å². The molecule has 0 aromatic carbocycles. The molecule has 3 rings (SSSR count). The summed E-state index contributed by atoms with van der Waals surface area (Å²) >= 11 is 0. The van der Waals surface area contributed by atoms with E-state index in [1.54, 1.807) is 0 Å². The Morgan fingerprint density at radius 1 is 1.35 bits per heavy atom. The molecule has 104 valence electrons. The van der Waals surface area contributed by atoms with Crippen molar-refractivity contribution in [3.63, 3.8) is 0 Å². The molecule has 0 bridgehead atoms. The SMILES string of the molecule is Cc1noc(C)c1-c1cc2c(ccn2C)nc1C(C)N. The Morgan fingerprint density at radius 3 is 2.70 bits per heavy atom. The zero-order chi connectivity index (χ0) is 14.4. The van der Waals surface area contributed by atoms with Gasteiger partial charge in [0.2, 0.25) is 0 Å². The quantitative estimate of drug-likeness (QED) is 0.777. The van der Waals surface area contributed by atoms with Crippen molar-refractivity contribution in [2.45, 2.75) is 26.8 Å². The lowest BCUT2D eigenvalue weighted by atomic mass is 9.99. The van der Waals surface area contributed by atoms with Crippen LogP contribution in [0.3, 0.4) is 0 Å². The first-order valence-electron chi connectivity index (χ1n) is 6.64. The number of aryl methyl sites for hydroxylation is 3. The van der Waals surface area contributed by atoms with E-state index in [-0.39, 0.29) is 6.04 Å². The Kier molecular flexibility index (Phi) is 2.87. The fraction of sp³-hybridized carbons (Fsp3) is 0.333. The number of nitrogens with two attached hydrogens (primary N) is 1. The molecule has 3 aromatic rings. The van der Waals surface area contributed by atoms with Crippen LogP contribution in [0.4, 0.5) is 0 Å². The first-order chi connectivity index (χ1) is 9.49. The van der Waals surface area contributed by atoms with Gasteiger partial charge in [-0.1, -0.05) is 5.16 Å². The molecular formula is C15H18N4O. The highest BCUT2D eigenvalue weighted by Crippen LogP contribution is 2.33. The summed E-state index contributed by atoms with van der Waals surface area (Å²) in [5.74, 6) is 0.791. The molecule has 0 aliphatic rings. The molecule has 5 nitrogen and oxygen atoms in total. The normalized spacial score (nSPS) is 13.1. The standard InChI is InChI=1S/C15H18N4O/c1-8(16)15-11(14-9(2)18-20-10(14)3)7-13-12(17-15)5-6-19(13)4/h5-8H,16H2,1-4H3. The fourth-order valence-electron chi connectivity index (χ4n) is 2.61. The lowest BCUT2D eigenvalue weighted by Crippen LogP contribution is -2.10. The van der Waals surface area contributed by atoms with E-state index in [4.69, 9.17) is 15.2 Å². The van der Waals surface area contributed by atoms with E-state index in [1.165, 1.54) is 0 Å². The van der Waals surface area contributed by atoms with Crippen molar-refractivity contribution in [3.05, 3.63) is 35.5 Å². The molecule has 0 aliphatic heterocycles. The first-order valence-corrected chi connectivity index (χ1v) is 6.64. The Hall–Kier alpha value is -2.14. The van der Waals surface area contributed by atoms with Gasteiger partial charge < -0.3 is 14.8 Å². The summed E-state index contributed by atoms with van der Waals surface area (Å²) in [5.41, 5.74) is 11.9. The number of fused-ring (bicyclic) bond motifs is 1. The van der Waals surface area contributed by atoms with Gasteiger partial charge in [0.05, 0.1) is 22.4 Å². The Morgan fingerprint density at radius 2 is 2.10 bits per heavy atom. The molecule has 3 heterocycles. The highest BCUT2D eigenvalue weighted by atomic mass is 16.5. The number of nitrogens with zero attached hydrogens (tertiary/aromatic N) is 3. The van der Waals surface area contributed by atoms with Crippen LogP contribution in [0.2, 0.25) is 0 Å². The molecule has 1 unspecified atom stereocenters. The van der Waals surface area contributed by atoms with E-state index in [0.717, 1.165) is 39.3 Å². The number of pyridine rings is 1. The second-order valence-electron chi connectivity index (χ2n) is 5.24. The van der Waals surface area contributed by atoms with Crippen LogP contribution in [-0.4, -0.2) is 14.7 Å². The zero-order valence-electron chi connectivity index (χ0n) is 12.1. The van der Waals surface area contributed by atoms with Crippen LogP contribution >= 0.6 is 0 Å². The van der Waals surface area contributed by atoms with Crippen LogP contribution in [-0.2, 0) is 7.05 Å². The molecule has 5 heteroatoms. The van der Waals surface area contributed by atoms with E-state index >= 15 is 0 Å². The molecule has 20 heavy (non-hydrogen) atoms. The molecule has 0 saturated heterocycles. The van der Waals surface area contributed by atoms with Gasteiger partial charge >= 0.3 is 0 Å². The average Bonchev–Trinajstić information content (AvgIpc) is 2.92. The topological polar surface area (TPSA) is 69.9 Å². The van der Waals surface area contributed by atoms with Gasteiger partial charge in [0.1, 0.15) is 5.76 Å². The predicted octanol–water partition coefficient (Wildman–Crippen LogP) is 2.86. The average molecular weight is 270 g/mol. The number of hydrogen-bond acceptors (Lipinski definition) is 4. The molecule has 3 aromatic heterocycles. The maximum atomic E-state index is 6.10. The third kappa shape index (κ3) is 1.82. The third-order valence-corrected chi connectivity index (χ3v) is 3.63. The van der Waals surface area contributed by atoms with Gasteiger partial charge in [0.25, 0.3) is 0 Å². The van der Waals surface area contributed by atoms with Crippen molar-refractivity contribution >= 4 is 11.0 Å². The van der Waals surface area contributed by atoms with Crippen molar-refractivity contribution in [1.82, 2.24) is 14.7 Å². The first kappa shape index (κ1) is 12.9. The van der Waals surface area contributed by atoms with Gasteiger partial charge in [-0.25, -0.2) is 4.98 Å². The third-order valence-electron chi connectivity index (χ3n) is 3.63. The van der Waals surface area contributed by atoms with Crippen molar-refractivity contribution in [1.29, 1.82) is 0 Å². The van der Waals surface area contributed by atoms with Crippen LogP contribution in [0, 0.1) is 13.8 Å². The summed E-state index contributed by atoms with van der Waals surface area (Å²) in [6.07, 6.45) is 2.00. The summed E-state index contributed by atoms with van der Waals surface area (Å²) in [5, 5.41) is 4.03. The van der Waals surface area contributed by atoms with Crippen molar-refractivity contribution < 1.29 is 4.52 Å². The molecule has 0 saturated carbocycles. The molecule has 0 radical (unpaired) electrons. The Balaban J connectivity index is 2.37. The summed E-state index contributed by atoms with van der Waals surface area (Å²) in [7, 11) is 2.01. The van der Waals surface area contributed by atoms with Crippen molar-refractivity contribution in [3.8, 4) is 11.1 Å². The Bertz CT molecular complexity index is 763. The van der Waals surface area contributed by atoms with Gasteiger partial charge in [-0.05, 0) is 32.9 Å². The van der Waals surface area contributed by atoms with Gasteiger partial charge in [0.15, 0.2) is 0 Å². The molecule has 2 N–H and O–H groups in total. The predicted molar refractivity (Wildman–Crippen MR) is 78.3 cm³/mol. The summed E-state index contributed by atoms with van der Waals surface area (Å²) in [6, 6.07) is 3.97. The van der Waals surface area contributed by atoms with Crippen LogP contribution < -0.4 is 5.73 Å². The van der Waals surface area contributed by atoms with E-state index in [2.05, 4.69) is 15.8 Å². The second kappa shape index (κ2) is 4.45. The molecule has 1 atom stereocenters. The number of hydrogen-bond donors (Lipinski definition) is 1. The van der Waals surface area contributed by atoms with Gasteiger partial charge in [-0.3, -0.25) is 0 Å². The molecule has 0 spiro atoms. The lowest BCUT2D eigenvalue weighted by Gasteiger charge is -2.12. The van der Waals surface area contributed by atoms with E-state index in [9.17, 15) is 0 Å². The largest absolute Gasteiger partial charge is 0.361 e. The zero-order valence-corrected chi connectivity index (χ0v) is 12.1. The van der Waals surface area contributed by atoms with Gasteiger partial charge in [0, 0.05) is 30.4 Å². The van der Waals surface area contributed by atoms with E-state index in [1.807, 2.05) is 40.1 Å². The summed E-state index contributed by atoms with van der Waals surface area (Å²) in [6.45, 7) is 5.79. The number of aromatic nitrogens is 3. The van der Waals surface area contributed by atoms with E-state index in [0.29, 0.717) is 0 Å². The minimum Gasteiger partial charge on any atom is -0.361 e. The molecule has 0 fully saturated rings. The van der Waals surface area contributed by atoms with E-state index < -0.39 is 0 Å². The van der Waals surface area contributed by atoms with Crippen LogP contribution in [0.1, 0.15) is 30.1 Å². The molecule has 0 amide bonds. The smallest absolute Gasteiger partial charge is 0.141 e. The highest BCUT2D eigenvalue weighted by molar-refractivity contribution is 5.84. The number of rotatable bonds is 2. The minimum absolute atomic E-state index is 0.150. The summed E-state index contributed by atoms with van der Waals surface area (Å²) < 4.78 is 7.33. The fourth-order valence-corrected chi connectivity index (χ4v) is 2.61. The maximum absolute atomic E-state index is 6.10. The molecule has 0 aliphatic carbocycles. The van der Waals surface area contributed by atoms with Crippen LogP contribution in [0.25, 0.3) is 22.2 Å². The van der Waals surface area contributed by atoms with Gasteiger partial charge in [-0.15, -0.1) is 0 Å². The highest BCUT2D eigenvalue weighted by Gasteiger charge is 2.19. The monoisotopic (exact) mass is 270 g/mol. The maximum Gasteiger partial charge on any atom is 0.141 e. The Labute approximate surface area is 117 Å². The van der Waals surface area contributed by atoms with Gasteiger partial charge in [-0.2, -0.15) is 0 Å². The molecular weight excluding hydrogens is 252 g/mol.